The van der Waals surface area contributed by atoms with Gasteiger partial charge in [0.25, 0.3) is 0 Å². The van der Waals surface area contributed by atoms with Gasteiger partial charge >= 0.3 is 0 Å². The third-order valence-corrected chi connectivity index (χ3v) is 4.70. The van der Waals surface area contributed by atoms with E-state index < -0.39 is 0 Å². The second-order valence-corrected chi connectivity index (χ2v) is 9.96. The fourth-order valence-corrected chi connectivity index (χ4v) is 3.13. The molecule has 5 nitrogen and oxygen atoms in total. The fourth-order valence-electron chi connectivity index (χ4n) is 3.13. The monoisotopic (exact) mass is 441 g/mol. The van der Waals surface area contributed by atoms with Crippen molar-refractivity contribution in [1.29, 1.82) is 0 Å². The van der Waals surface area contributed by atoms with Crippen molar-refractivity contribution >= 4 is 11.8 Å². The molecule has 2 amide bonds. The van der Waals surface area contributed by atoms with Crippen molar-refractivity contribution in [2.75, 3.05) is 19.6 Å². The van der Waals surface area contributed by atoms with Crippen LogP contribution in [0.25, 0.3) is 0 Å². The Morgan fingerprint density at radius 1 is 0.871 bits per heavy atom. The van der Waals surface area contributed by atoms with E-state index in [-0.39, 0.29) is 20.8 Å². The molecule has 3 fully saturated rings. The van der Waals surface area contributed by atoms with E-state index in [2.05, 4.69) is 72.2 Å². The van der Waals surface area contributed by atoms with Gasteiger partial charge in [0.2, 0.25) is 11.8 Å². The topological polar surface area (TPSA) is 52.7 Å². The van der Waals surface area contributed by atoms with Gasteiger partial charge in [0.1, 0.15) is 0 Å². The molecule has 0 atom stereocenters. The molecule has 0 bridgehead atoms. The summed E-state index contributed by atoms with van der Waals surface area (Å²) in [6.07, 6.45) is 5.98. The quantitative estimate of drug-likeness (QED) is 0.524. The number of amides is 2. The van der Waals surface area contributed by atoms with Crippen LogP contribution in [0.4, 0.5) is 0 Å². The molecule has 1 N–H and O–H groups in total. The molecule has 0 aromatic rings. The zero-order valence-electron chi connectivity index (χ0n) is 20.4. The number of hydrogen-bond donors (Lipinski definition) is 1. The van der Waals surface area contributed by atoms with E-state index in [1.54, 1.807) is 0 Å². The lowest BCUT2D eigenvalue weighted by Gasteiger charge is -2.46. The summed E-state index contributed by atoms with van der Waals surface area (Å²) in [4.78, 5) is 25.6. The second kappa shape index (κ2) is 17.1. The first-order valence-corrected chi connectivity index (χ1v) is 11.4. The first-order chi connectivity index (χ1) is 13.4. The molecule has 3 saturated heterocycles. The van der Waals surface area contributed by atoms with E-state index in [0.29, 0.717) is 17.5 Å². The van der Waals surface area contributed by atoms with E-state index in [1.807, 2.05) is 4.90 Å². The molecule has 0 aliphatic carbocycles. The molecule has 0 unspecified atom stereocenters. The summed E-state index contributed by atoms with van der Waals surface area (Å²) < 4.78 is 0. The first kappa shape index (κ1) is 34.1. The molecule has 5 heteroatoms. The van der Waals surface area contributed by atoms with Crippen LogP contribution in [0.5, 0.6) is 0 Å². The maximum atomic E-state index is 10.9. The highest BCUT2D eigenvalue weighted by Crippen LogP contribution is 2.28. The predicted octanol–water partition coefficient (Wildman–Crippen LogP) is 6.24. The van der Waals surface area contributed by atoms with E-state index in [1.165, 1.54) is 18.7 Å². The number of carbonyl (C=O) groups is 2. The minimum atomic E-state index is 0. The zero-order chi connectivity index (χ0) is 22.6. The van der Waals surface area contributed by atoms with E-state index >= 15 is 0 Å². The highest BCUT2D eigenvalue weighted by Gasteiger charge is 2.28. The van der Waals surface area contributed by atoms with Crippen LogP contribution in [-0.4, -0.2) is 52.8 Å². The highest BCUT2D eigenvalue weighted by atomic mass is 16.2. The number of carbonyl (C=O) groups excluding carboxylic acids is 2. The van der Waals surface area contributed by atoms with Crippen LogP contribution in [0.3, 0.4) is 0 Å². The number of hydrogen-bond acceptors (Lipinski definition) is 3. The van der Waals surface area contributed by atoms with Crippen LogP contribution >= 0.6 is 0 Å². The van der Waals surface area contributed by atoms with Gasteiger partial charge in [-0.3, -0.25) is 9.59 Å². The van der Waals surface area contributed by atoms with Crippen LogP contribution in [0.15, 0.2) is 12.3 Å². The van der Waals surface area contributed by atoms with Crippen LogP contribution in [0, 0.1) is 5.92 Å². The van der Waals surface area contributed by atoms with E-state index in [4.69, 9.17) is 0 Å². The van der Waals surface area contributed by atoms with Crippen LogP contribution in [0.1, 0.15) is 109 Å². The molecule has 3 aliphatic rings. The van der Waals surface area contributed by atoms with Gasteiger partial charge in [-0.2, -0.15) is 0 Å². The molecular formula is C26H55N3O2. The number of likely N-dealkylation sites (tertiary alicyclic amines) is 2. The van der Waals surface area contributed by atoms with Gasteiger partial charge in [0.05, 0.1) is 0 Å². The predicted molar refractivity (Wildman–Crippen MR) is 137 cm³/mol. The van der Waals surface area contributed by atoms with Crippen molar-refractivity contribution < 1.29 is 9.59 Å². The summed E-state index contributed by atoms with van der Waals surface area (Å²) in [6.45, 7) is 24.3. The summed E-state index contributed by atoms with van der Waals surface area (Å²) in [6, 6.07) is 0.403. The maximum Gasteiger partial charge on any atom is 0.222 e. The molecule has 0 aromatic heterocycles. The number of nitrogens with one attached hydrogen (secondary N) is 1. The minimum Gasteiger partial charge on any atom is -0.370 e. The summed E-state index contributed by atoms with van der Waals surface area (Å²) in [5.41, 5.74) is 1.59. The molecule has 3 heterocycles. The Kier molecular flexibility index (Phi) is 18.8. The number of rotatable bonds is 1. The summed E-state index contributed by atoms with van der Waals surface area (Å²) in [5.74, 6) is 1.37. The van der Waals surface area contributed by atoms with Crippen molar-refractivity contribution in [3.05, 3.63) is 12.3 Å². The molecule has 31 heavy (non-hydrogen) atoms. The van der Waals surface area contributed by atoms with Gasteiger partial charge in [-0.05, 0) is 59.8 Å². The van der Waals surface area contributed by atoms with Gasteiger partial charge in [-0.1, -0.05) is 42.2 Å². The summed E-state index contributed by atoms with van der Waals surface area (Å²) in [5, 5.41) is 2.74. The molecule has 0 saturated carbocycles. The Labute approximate surface area is 195 Å². The second-order valence-electron chi connectivity index (χ2n) is 9.96. The smallest absolute Gasteiger partial charge is 0.222 e. The van der Waals surface area contributed by atoms with E-state index in [9.17, 15) is 9.59 Å². The Hall–Kier alpha value is -1.52. The molecular weight excluding hydrogens is 386 g/mol. The third-order valence-electron chi connectivity index (χ3n) is 4.70. The lowest BCUT2D eigenvalue weighted by molar-refractivity contribution is -0.129. The van der Waals surface area contributed by atoms with Crippen molar-refractivity contribution in [2.24, 2.45) is 5.92 Å². The molecule has 186 valence electrons. The fraction of sp³-hybridized carbons (Fsp3) is 0.846. The largest absolute Gasteiger partial charge is 0.370 e. The van der Waals surface area contributed by atoms with Crippen molar-refractivity contribution in [1.82, 2.24) is 15.1 Å². The Morgan fingerprint density at radius 2 is 1.42 bits per heavy atom. The molecule has 3 rings (SSSR count). The Bertz CT molecular complexity index is 497. The standard InChI is InChI=1S/C8H15N.C7H13NO.C5H9NO.C4H10.2CH4/c1-7-5-6-9(7)8(2,3)4;1-6(2)8-5-3-4-7(8)9;7-5-3-1-2-4-6-5;1-4(2)3;;/h1,5-6H2,2-4H3;6H,3-5H2,1-2H3;1-4H2,(H,6,7);4H,1-3H3;2*1H4. The third kappa shape index (κ3) is 15.9. The van der Waals surface area contributed by atoms with Gasteiger partial charge in [0.15, 0.2) is 0 Å². The SMILES string of the molecule is C.C.C=C1CCN1C(C)(C)C.CC(C)C.CC(C)N1CCCC1=O.O=C1CCCCN1. The summed E-state index contributed by atoms with van der Waals surface area (Å²) >= 11 is 0. The van der Waals surface area contributed by atoms with Gasteiger partial charge in [0, 0.05) is 56.2 Å². The van der Waals surface area contributed by atoms with Gasteiger partial charge in [-0.15, -0.1) is 0 Å². The first-order valence-electron chi connectivity index (χ1n) is 11.4. The van der Waals surface area contributed by atoms with Gasteiger partial charge in [-0.25, -0.2) is 0 Å². The molecule has 0 radical (unpaired) electrons. The van der Waals surface area contributed by atoms with Gasteiger partial charge < -0.3 is 15.1 Å². The average Bonchev–Trinajstić information content (AvgIpc) is 2.99. The van der Waals surface area contributed by atoms with Crippen LogP contribution < -0.4 is 5.32 Å². The average molecular weight is 442 g/mol. The van der Waals surface area contributed by atoms with Crippen molar-refractivity contribution in [2.45, 2.75) is 120 Å². The number of piperidine rings is 1. The number of nitrogens with zero attached hydrogens (tertiary/aromatic N) is 2. The summed E-state index contributed by atoms with van der Waals surface area (Å²) in [7, 11) is 0. The Morgan fingerprint density at radius 3 is 1.55 bits per heavy atom. The van der Waals surface area contributed by atoms with E-state index in [0.717, 1.165) is 51.1 Å². The van der Waals surface area contributed by atoms with Crippen LogP contribution in [0.2, 0.25) is 0 Å². The zero-order valence-corrected chi connectivity index (χ0v) is 20.4. The lowest BCUT2D eigenvalue weighted by atomic mass is 9.98. The molecule has 0 spiro atoms. The highest BCUT2D eigenvalue weighted by molar-refractivity contribution is 5.78. The maximum absolute atomic E-state index is 10.9. The minimum absolute atomic E-state index is 0. The molecule has 3 aliphatic heterocycles. The lowest BCUT2D eigenvalue weighted by Crippen LogP contribution is -2.47. The van der Waals surface area contributed by atoms with Crippen molar-refractivity contribution in [3.8, 4) is 0 Å². The molecule has 0 aromatic carbocycles. The van der Waals surface area contributed by atoms with Crippen molar-refractivity contribution in [3.63, 3.8) is 0 Å². The normalized spacial score (nSPS) is 17.5. The van der Waals surface area contributed by atoms with Crippen LogP contribution in [-0.2, 0) is 9.59 Å². The Balaban J connectivity index is -0.000000342.